The van der Waals surface area contributed by atoms with E-state index in [1.807, 2.05) is 0 Å². The first-order valence-electron chi connectivity index (χ1n) is 4.75. The summed E-state index contributed by atoms with van der Waals surface area (Å²) in [6.07, 6.45) is 3.72. The van der Waals surface area contributed by atoms with E-state index in [0.29, 0.717) is 12.3 Å². The predicted molar refractivity (Wildman–Crippen MR) is 51.2 cm³/mol. The molecule has 0 aliphatic carbocycles. The molecule has 0 aromatic rings. The van der Waals surface area contributed by atoms with Crippen molar-refractivity contribution in [1.82, 2.24) is 4.90 Å². The molecule has 0 N–H and O–H groups in total. The third kappa shape index (κ3) is 3.59. The number of hydrogen-bond donors (Lipinski definition) is 0. The number of carbonyl (C=O) groups is 1. The van der Waals surface area contributed by atoms with Crippen LogP contribution >= 0.6 is 0 Å². The van der Waals surface area contributed by atoms with Crippen LogP contribution in [0.2, 0.25) is 0 Å². The monoisotopic (exact) mass is 183 g/mol. The third-order valence-electron chi connectivity index (χ3n) is 2.18. The van der Waals surface area contributed by atoms with Gasteiger partial charge in [0, 0.05) is 18.7 Å². The van der Waals surface area contributed by atoms with E-state index in [0.717, 1.165) is 13.1 Å². The molecular formula is C10H17NO2. The molecule has 0 saturated carbocycles. The summed E-state index contributed by atoms with van der Waals surface area (Å²) in [6, 6.07) is 0. The second-order valence-corrected chi connectivity index (χ2v) is 3.52. The van der Waals surface area contributed by atoms with Gasteiger partial charge in [0.05, 0.1) is 0 Å². The second-order valence-electron chi connectivity index (χ2n) is 3.52. The Morgan fingerprint density at radius 1 is 1.38 bits per heavy atom. The summed E-state index contributed by atoms with van der Waals surface area (Å²) in [5, 5.41) is 0. The van der Waals surface area contributed by atoms with Crippen LogP contribution in [0.3, 0.4) is 0 Å². The standard InChI is InChI=1S/C10H17NO2/c1-9(2)10(12)13-8-11-6-4-3-5-7-11/h1,3-8H2,2H3. The average molecular weight is 183 g/mol. The molecule has 1 aliphatic rings. The van der Waals surface area contributed by atoms with Crippen molar-refractivity contribution in [2.45, 2.75) is 26.2 Å². The summed E-state index contributed by atoms with van der Waals surface area (Å²) in [5.74, 6) is -0.287. The molecular weight excluding hydrogens is 166 g/mol. The highest BCUT2D eigenvalue weighted by molar-refractivity contribution is 5.86. The Kier molecular flexibility index (Phi) is 3.96. The Morgan fingerprint density at radius 3 is 2.54 bits per heavy atom. The van der Waals surface area contributed by atoms with Crippen LogP contribution in [-0.2, 0) is 9.53 Å². The Morgan fingerprint density at radius 2 is 2.00 bits per heavy atom. The lowest BCUT2D eigenvalue weighted by atomic mass is 10.1. The Bertz CT molecular complexity index is 195. The lowest BCUT2D eigenvalue weighted by Gasteiger charge is -2.25. The van der Waals surface area contributed by atoms with Gasteiger partial charge in [-0.1, -0.05) is 13.0 Å². The van der Waals surface area contributed by atoms with E-state index in [1.54, 1.807) is 6.92 Å². The molecule has 0 atom stereocenters. The highest BCUT2D eigenvalue weighted by Crippen LogP contribution is 2.08. The average Bonchev–Trinajstić information content (AvgIpc) is 2.15. The van der Waals surface area contributed by atoms with Gasteiger partial charge in [0.15, 0.2) is 0 Å². The van der Waals surface area contributed by atoms with Gasteiger partial charge in [-0.15, -0.1) is 0 Å². The van der Waals surface area contributed by atoms with Gasteiger partial charge in [-0.3, -0.25) is 4.90 Å². The smallest absolute Gasteiger partial charge is 0.334 e. The molecule has 0 bridgehead atoms. The van der Waals surface area contributed by atoms with Crippen LogP contribution in [0.25, 0.3) is 0 Å². The molecule has 1 aliphatic heterocycles. The maximum absolute atomic E-state index is 11.0. The van der Waals surface area contributed by atoms with E-state index in [1.165, 1.54) is 19.3 Å². The zero-order chi connectivity index (χ0) is 9.68. The number of likely N-dealkylation sites (tertiary alicyclic amines) is 1. The topological polar surface area (TPSA) is 29.5 Å². The normalized spacial score (nSPS) is 18.2. The van der Waals surface area contributed by atoms with Crippen molar-refractivity contribution in [1.29, 1.82) is 0 Å². The van der Waals surface area contributed by atoms with Gasteiger partial charge in [0.2, 0.25) is 0 Å². The van der Waals surface area contributed by atoms with E-state index in [2.05, 4.69) is 11.5 Å². The fourth-order valence-electron chi connectivity index (χ4n) is 1.36. The minimum absolute atomic E-state index is 0.287. The maximum atomic E-state index is 11.0. The summed E-state index contributed by atoms with van der Waals surface area (Å²) in [7, 11) is 0. The maximum Gasteiger partial charge on any atom is 0.334 e. The number of piperidine rings is 1. The fourth-order valence-corrected chi connectivity index (χ4v) is 1.36. The second kappa shape index (κ2) is 5.02. The highest BCUT2D eigenvalue weighted by Gasteiger charge is 2.11. The van der Waals surface area contributed by atoms with Crippen LogP contribution in [0.15, 0.2) is 12.2 Å². The molecule has 0 aromatic carbocycles. The summed E-state index contributed by atoms with van der Waals surface area (Å²) >= 11 is 0. The first-order chi connectivity index (χ1) is 6.20. The summed E-state index contributed by atoms with van der Waals surface area (Å²) in [4.78, 5) is 13.2. The molecule has 1 rings (SSSR count). The van der Waals surface area contributed by atoms with Crippen LogP contribution in [0.4, 0.5) is 0 Å². The SMILES string of the molecule is C=C(C)C(=O)OCN1CCCCC1. The van der Waals surface area contributed by atoms with Crippen molar-refractivity contribution in [3.8, 4) is 0 Å². The van der Waals surface area contributed by atoms with Crippen molar-refractivity contribution in [3.05, 3.63) is 12.2 Å². The van der Waals surface area contributed by atoms with E-state index >= 15 is 0 Å². The minimum atomic E-state index is -0.287. The van der Waals surface area contributed by atoms with Gasteiger partial charge in [-0.25, -0.2) is 4.79 Å². The molecule has 13 heavy (non-hydrogen) atoms. The third-order valence-corrected chi connectivity index (χ3v) is 2.18. The molecule has 0 radical (unpaired) electrons. The number of esters is 1. The molecule has 1 fully saturated rings. The van der Waals surface area contributed by atoms with Crippen molar-refractivity contribution >= 4 is 5.97 Å². The number of carbonyl (C=O) groups excluding carboxylic acids is 1. The fraction of sp³-hybridized carbons (Fsp3) is 0.700. The van der Waals surface area contributed by atoms with Gasteiger partial charge in [-0.05, 0) is 19.8 Å². The number of hydrogen-bond acceptors (Lipinski definition) is 3. The summed E-state index contributed by atoms with van der Waals surface area (Å²) < 4.78 is 5.03. The molecule has 0 spiro atoms. The van der Waals surface area contributed by atoms with Gasteiger partial charge >= 0.3 is 5.97 Å². The quantitative estimate of drug-likeness (QED) is 0.491. The summed E-state index contributed by atoms with van der Waals surface area (Å²) in [5.41, 5.74) is 0.469. The van der Waals surface area contributed by atoms with Crippen molar-refractivity contribution in [3.63, 3.8) is 0 Å². The van der Waals surface area contributed by atoms with Gasteiger partial charge in [0.25, 0.3) is 0 Å². The molecule has 0 amide bonds. The zero-order valence-corrected chi connectivity index (χ0v) is 8.21. The number of rotatable bonds is 3. The zero-order valence-electron chi connectivity index (χ0n) is 8.21. The van der Waals surface area contributed by atoms with Gasteiger partial charge < -0.3 is 4.74 Å². The largest absolute Gasteiger partial charge is 0.446 e. The molecule has 0 unspecified atom stereocenters. The van der Waals surface area contributed by atoms with Gasteiger partial charge in [-0.2, -0.15) is 0 Å². The molecule has 1 heterocycles. The van der Waals surface area contributed by atoms with E-state index in [-0.39, 0.29) is 5.97 Å². The lowest BCUT2D eigenvalue weighted by molar-refractivity contribution is -0.144. The van der Waals surface area contributed by atoms with Crippen LogP contribution in [0, 0.1) is 0 Å². The first kappa shape index (κ1) is 10.3. The van der Waals surface area contributed by atoms with Crippen molar-refractivity contribution in [2.24, 2.45) is 0 Å². The lowest BCUT2D eigenvalue weighted by Crippen LogP contribution is -2.32. The van der Waals surface area contributed by atoms with Crippen LogP contribution < -0.4 is 0 Å². The van der Waals surface area contributed by atoms with E-state index in [4.69, 9.17) is 4.74 Å². The molecule has 1 saturated heterocycles. The first-order valence-corrected chi connectivity index (χ1v) is 4.75. The predicted octanol–water partition coefficient (Wildman–Crippen LogP) is 1.55. The highest BCUT2D eigenvalue weighted by atomic mass is 16.5. The Hall–Kier alpha value is -0.830. The molecule has 74 valence electrons. The van der Waals surface area contributed by atoms with E-state index in [9.17, 15) is 4.79 Å². The molecule has 0 aromatic heterocycles. The van der Waals surface area contributed by atoms with E-state index < -0.39 is 0 Å². The Balaban J connectivity index is 2.17. The van der Waals surface area contributed by atoms with Crippen LogP contribution in [-0.4, -0.2) is 30.7 Å². The van der Waals surface area contributed by atoms with Crippen LogP contribution in [0.1, 0.15) is 26.2 Å². The molecule has 3 nitrogen and oxygen atoms in total. The minimum Gasteiger partial charge on any atom is -0.446 e. The van der Waals surface area contributed by atoms with Crippen LogP contribution in [0.5, 0.6) is 0 Å². The van der Waals surface area contributed by atoms with Gasteiger partial charge in [0.1, 0.15) is 6.73 Å². The Labute approximate surface area is 79.4 Å². The summed E-state index contributed by atoms with van der Waals surface area (Å²) in [6.45, 7) is 7.70. The van der Waals surface area contributed by atoms with Crippen molar-refractivity contribution < 1.29 is 9.53 Å². The van der Waals surface area contributed by atoms with Crippen molar-refractivity contribution in [2.75, 3.05) is 19.8 Å². The number of ether oxygens (including phenoxy) is 1. The number of nitrogens with zero attached hydrogens (tertiary/aromatic N) is 1. The molecule has 3 heteroatoms.